The Balaban J connectivity index is 3.85. The molecule has 0 amide bonds. The summed E-state index contributed by atoms with van der Waals surface area (Å²) in [5.74, 6) is 1.85. The quantitative estimate of drug-likeness (QED) is 0.719. The summed E-state index contributed by atoms with van der Waals surface area (Å²) in [5, 5.41) is 9.78. The molecule has 0 aliphatic carbocycles. The molecule has 1 N–H and O–H groups in total. The molecule has 0 aromatic rings. The lowest BCUT2D eigenvalue weighted by molar-refractivity contribution is 0.0994. The molecular formula is C10H20OS2. The maximum absolute atomic E-state index is 9.78. The second-order valence-corrected chi connectivity index (χ2v) is 5.79. The highest BCUT2D eigenvalue weighted by Crippen LogP contribution is 2.20. The van der Waals surface area contributed by atoms with Crippen molar-refractivity contribution in [3.8, 4) is 0 Å². The van der Waals surface area contributed by atoms with Gasteiger partial charge in [-0.15, -0.1) is 11.8 Å². The summed E-state index contributed by atoms with van der Waals surface area (Å²) in [4.78, 5) is 0. The Bertz CT molecular complexity index is 157. The van der Waals surface area contributed by atoms with Crippen LogP contribution in [-0.4, -0.2) is 21.2 Å². The fraction of sp³-hybridized carbons (Fsp3) is 0.900. The Morgan fingerprint density at radius 1 is 1.38 bits per heavy atom. The van der Waals surface area contributed by atoms with E-state index in [1.165, 1.54) is 0 Å². The number of aliphatic hydroxyl groups is 1. The van der Waals surface area contributed by atoms with Crippen LogP contribution in [0.15, 0.2) is 0 Å². The average molecular weight is 220 g/mol. The van der Waals surface area contributed by atoms with Crippen molar-refractivity contribution >= 4 is 28.2 Å². The van der Waals surface area contributed by atoms with Crippen LogP contribution in [0.2, 0.25) is 0 Å². The standard InChI is InChI=1S/C10H20OS2/c1-5-13-10(12)6-9(11)8(4)7(2)3/h7-9,11H,5-6H2,1-4H3/t8-,9-/m1/s1. The minimum Gasteiger partial charge on any atom is -0.392 e. The second-order valence-electron chi connectivity index (χ2n) is 3.68. The van der Waals surface area contributed by atoms with E-state index < -0.39 is 0 Å². The predicted octanol–water partition coefficient (Wildman–Crippen LogP) is 3.11. The van der Waals surface area contributed by atoms with Crippen molar-refractivity contribution in [2.75, 3.05) is 5.75 Å². The highest BCUT2D eigenvalue weighted by atomic mass is 32.2. The van der Waals surface area contributed by atoms with E-state index in [9.17, 15) is 5.11 Å². The van der Waals surface area contributed by atoms with Gasteiger partial charge >= 0.3 is 0 Å². The Hall–Kier alpha value is 0.400. The molecule has 0 aromatic heterocycles. The first kappa shape index (κ1) is 13.4. The van der Waals surface area contributed by atoms with Crippen molar-refractivity contribution in [3.05, 3.63) is 0 Å². The molecule has 1 nitrogen and oxygen atoms in total. The Morgan fingerprint density at radius 2 is 1.92 bits per heavy atom. The molecule has 13 heavy (non-hydrogen) atoms. The van der Waals surface area contributed by atoms with Crippen LogP contribution in [-0.2, 0) is 0 Å². The number of thioether (sulfide) groups is 1. The summed E-state index contributed by atoms with van der Waals surface area (Å²) >= 11 is 6.80. The van der Waals surface area contributed by atoms with E-state index in [0.717, 1.165) is 9.95 Å². The molecule has 0 radical (unpaired) electrons. The second kappa shape index (κ2) is 6.80. The molecule has 0 aliphatic rings. The van der Waals surface area contributed by atoms with Gasteiger partial charge < -0.3 is 5.11 Å². The van der Waals surface area contributed by atoms with Gasteiger partial charge in [0.2, 0.25) is 0 Å². The number of hydrogen-bond donors (Lipinski definition) is 1. The molecule has 0 heterocycles. The number of rotatable bonds is 5. The third kappa shape index (κ3) is 5.66. The van der Waals surface area contributed by atoms with Crippen LogP contribution < -0.4 is 0 Å². The zero-order valence-corrected chi connectivity index (χ0v) is 10.5. The van der Waals surface area contributed by atoms with Crippen LogP contribution in [0.4, 0.5) is 0 Å². The lowest BCUT2D eigenvalue weighted by atomic mass is 9.91. The molecule has 0 spiro atoms. The molecule has 0 rings (SSSR count). The molecule has 0 fully saturated rings. The van der Waals surface area contributed by atoms with Gasteiger partial charge in [0.25, 0.3) is 0 Å². The summed E-state index contributed by atoms with van der Waals surface area (Å²) in [7, 11) is 0. The molecule has 2 atom stereocenters. The van der Waals surface area contributed by atoms with Crippen LogP contribution in [0, 0.1) is 11.8 Å². The SMILES string of the molecule is CCSC(=S)C[C@@H](O)[C@H](C)C(C)C. The third-order valence-corrected chi connectivity index (χ3v) is 3.64. The van der Waals surface area contributed by atoms with Crippen molar-refractivity contribution in [1.82, 2.24) is 0 Å². The lowest BCUT2D eigenvalue weighted by Gasteiger charge is -2.22. The van der Waals surface area contributed by atoms with Gasteiger partial charge in [-0.05, 0) is 17.6 Å². The highest BCUT2D eigenvalue weighted by molar-refractivity contribution is 8.23. The minimum atomic E-state index is -0.272. The van der Waals surface area contributed by atoms with E-state index in [2.05, 4.69) is 27.7 Å². The molecule has 3 heteroatoms. The topological polar surface area (TPSA) is 20.2 Å². The number of hydrogen-bond acceptors (Lipinski definition) is 3. The van der Waals surface area contributed by atoms with Gasteiger partial charge in [0.05, 0.1) is 10.3 Å². The van der Waals surface area contributed by atoms with Crippen molar-refractivity contribution in [2.24, 2.45) is 11.8 Å². The number of aliphatic hydroxyl groups excluding tert-OH is 1. The predicted molar refractivity (Wildman–Crippen MR) is 65.4 cm³/mol. The molecular weight excluding hydrogens is 200 g/mol. The van der Waals surface area contributed by atoms with Crippen LogP contribution in [0.25, 0.3) is 0 Å². The molecule has 0 aromatic carbocycles. The molecule has 0 saturated carbocycles. The van der Waals surface area contributed by atoms with Gasteiger partial charge in [0.1, 0.15) is 0 Å². The Labute approximate surface area is 91.3 Å². The van der Waals surface area contributed by atoms with Crippen LogP contribution in [0.5, 0.6) is 0 Å². The first-order chi connectivity index (χ1) is 5.99. The first-order valence-electron chi connectivity index (χ1n) is 4.82. The van der Waals surface area contributed by atoms with Crippen molar-refractivity contribution < 1.29 is 5.11 Å². The normalized spacial score (nSPS) is 15.8. The molecule has 78 valence electrons. The molecule has 0 saturated heterocycles. The maximum atomic E-state index is 9.78. The van der Waals surface area contributed by atoms with Gasteiger partial charge in [-0.3, -0.25) is 0 Å². The monoisotopic (exact) mass is 220 g/mol. The largest absolute Gasteiger partial charge is 0.392 e. The smallest absolute Gasteiger partial charge is 0.0621 e. The van der Waals surface area contributed by atoms with Crippen molar-refractivity contribution in [2.45, 2.75) is 40.2 Å². The van der Waals surface area contributed by atoms with Crippen LogP contribution in [0.3, 0.4) is 0 Å². The lowest BCUT2D eigenvalue weighted by Crippen LogP contribution is -2.24. The molecule has 0 unspecified atom stereocenters. The van der Waals surface area contributed by atoms with Crippen molar-refractivity contribution in [3.63, 3.8) is 0 Å². The van der Waals surface area contributed by atoms with E-state index >= 15 is 0 Å². The van der Waals surface area contributed by atoms with Crippen LogP contribution >= 0.6 is 24.0 Å². The summed E-state index contributed by atoms with van der Waals surface area (Å²) in [6.45, 7) is 8.41. The van der Waals surface area contributed by atoms with Gasteiger partial charge in [-0.1, -0.05) is 39.9 Å². The van der Waals surface area contributed by atoms with E-state index in [-0.39, 0.29) is 6.10 Å². The van der Waals surface area contributed by atoms with Gasteiger partial charge in [-0.25, -0.2) is 0 Å². The minimum absolute atomic E-state index is 0.272. The third-order valence-electron chi connectivity index (χ3n) is 2.34. The zero-order chi connectivity index (χ0) is 10.4. The summed E-state index contributed by atoms with van der Waals surface area (Å²) in [6, 6.07) is 0. The van der Waals surface area contributed by atoms with E-state index in [4.69, 9.17) is 12.2 Å². The highest BCUT2D eigenvalue weighted by Gasteiger charge is 2.18. The zero-order valence-electron chi connectivity index (χ0n) is 8.91. The average Bonchev–Trinajstić information content (AvgIpc) is 2.03. The molecule has 0 aliphatic heterocycles. The molecule has 0 bridgehead atoms. The first-order valence-corrected chi connectivity index (χ1v) is 6.22. The van der Waals surface area contributed by atoms with Crippen molar-refractivity contribution in [1.29, 1.82) is 0 Å². The summed E-state index contributed by atoms with van der Waals surface area (Å²) in [5.41, 5.74) is 0. The van der Waals surface area contributed by atoms with E-state index in [0.29, 0.717) is 18.3 Å². The van der Waals surface area contributed by atoms with Crippen LogP contribution in [0.1, 0.15) is 34.1 Å². The summed E-state index contributed by atoms with van der Waals surface area (Å²) < 4.78 is 0.933. The van der Waals surface area contributed by atoms with E-state index in [1.54, 1.807) is 11.8 Å². The van der Waals surface area contributed by atoms with E-state index in [1.807, 2.05) is 0 Å². The van der Waals surface area contributed by atoms with Gasteiger partial charge in [-0.2, -0.15) is 0 Å². The maximum Gasteiger partial charge on any atom is 0.0621 e. The van der Waals surface area contributed by atoms with Gasteiger partial charge in [0.15, 0.2) is 0 Å². The fourth-order valence-corrected chi connectivity index (χ4v) is 2.16. The summed E-state index contributed by atoms with van der Waals surface area (Å²) in [6.07, 6.45) is 0.388. The Morgan fingerprint density at radius 3 is 2.31 bits per heavy atom. The van der Waals surface area contributed by atoms with Gasteiger partial charge in [0, 0.05) is 6.42 Å². The Kier molecular flexibility index (Phi) is 7.00. The number of thiocarbonyl (C=S) groups is 1. The fourth-order valence-electron chi connectivity index (χ4n) is 1.02.